The van der Waals surface area contributed by atoms with Gasteiger partial charge < -0.3 is 34.4 Å². The van der Waals surface area contributed by atoms with E-state index in [1.807, 2.05) is 30.3 Å². The number of carbonyl (C=O) groups excluding carboxylic acids is 4. The van der Waals surface area contributed by atoms with E-state index in [4.69, 9.17) is 14.2 Å². The number of carbonyl (C=O) groups is 4. The van der Waals surface area contributed by atoms with Crippen LogP contribution in [-0.4, -0.2) is 132 Å². The molecule has 1 aromatic carbocycles. The van der Waals surface area contributed by atoms with Crippen molar-refractivity contribution in [3.05, 3.63) is 61.2 Å². The van der Waals surface area contributed by atoms with Gasteiger partial charge in [0.15, 0.2) is 0 Å². The smallest absolute Gasteiger partial charge is 0.313 e. The van der Waals surface area contributed by atoms with Crippen LogP contribution < -0.4 is 5.32 Å². The van der Waals surface area contributed by atoms with E-state index >= 15 is 0 Å². The predicted molar refractivity (Wildman–Crippen MR) is 176 cm³/mol. The van der Waals surface area contributed by atoms with E-state index in [-0.39, 0.29) is 49.3 Å². The number of rotatable bonds is 16. The largest absolute Gasteiger partial charge is 0.455 e. The number of aliphatic hydroxyl groups is 1. The third-order valence-corrected chi connectivity index (χ3v) is 10.4. The maximum absolute atomic E-state index is 14.4. The van der Waals surface area contributed by atoms with Gasteiger partial charge in [-0.2, -0.15) is 0 Å². The SMILES string of the molecule is C=CCCC(=O)NC[C@H](OC(=O)[C@@H]1[C@H]2O[C@@]3(CC2Br)[C@H](C(=O)N(CC=C)CCN2CCOCC2)N(CCO)C(=O)[C@@H]13)c1ccccc1. The number of allylic oxidation sites excluding steroid dienone is 1. The first-order valence-electron chi connectivity index (χ1n) is 16.3. The van der Waals surface area contributed by atoms with Gasteiger partial charge in [-0.1, -0.05) is 58.4 Å². The lowest BCUT2D eigenvalue weighted by Gasteiger charge is -2.37. The molecular weight excluding hydrogens is 672 g/mol. The van der Waals surface area contributed by atoms with Crippen molar-refractivity contribution in [3.8, 4) is 0 Å². The van der Waals surface area contributed by atoms with Crippen LogP contribution in [0.3, 0.4) is 0 Å². The third-order valence-electron chi connectivity index (χ3n) is 9.58. The standard InChI is InChI=1S/C34H45BrN4O8/c1-3-5-11-26(41)36-22-25(23-9-7-6-8-10-23)46-33(44)27-28-31(42)39(15-18-40)30(34(28)21-24(35)29(27)47-34)32(43)38(12-4-2)14-13-37-16-19-45-20-17-37/h3-4,6-10,24-25,27-30,40H,1-2,5,11-22H2,(H,36,41)/t24?,25-,27-,28+,29-,30-,34+/m0/s1. The molecule has 4 saturated heterocycles. The molecule has 13 heteroatoms. The zero-order chi connectivity index (χ0) is 33.6. The van der Waals surface area contributed by atoms with Gasteiger partial charge in [0.1, 0.15) is 17.7 Å². The topological polar surface area (TPSA) is 138 Å². The van der Waals surface area contributed by atoms with Crippen molar-refractivity contribution in [1.82, 2.24) is 20.0 Å². The lowest BCUT2D eigenvalue weighted by molar-refractivity contribution is -0.160. The highest BCUT2D eigenvalue weighted by atomic mass is 79.9. The first-order valence-corrected chi connectivity index (χ1v) is 17.2. The second-order valence-electron chi connectivity index (χ2n) is 12.4. The van der Waals surface area contributed by atoms with Gasteiger partial charge in [-0.25, -0.2) is 0 Å². The third kappa shape index (κ3) is 7.34. The zero-order valence-electron chi connectivity index (χ0n) is 26.6. The van der Waals surface area contributed by atoms with Crippen LogP contribution in [0.5, 0.6) is 0 Å². The summed E-state index contributed by atoms with van der Waals surface area (Å²) in [7, 11) is 0. The molecule has 1 spiro atoms. The molecule has 4 aliphatic rings. The number of hydrogen-bond acceptors (Lipinski definition) is 9. The minimum absolute atomic E-state index is 0.0445. The number of esters is 1. The lowest BCUT2D eigenvalue weighted by atomic mass is 9.70. The van der Waals surface area contributed by atoms with Gasteiger partial charge in [0.25, 0.3) is 0 Å². The van der Waals surface area contributed by atoms with Crippen LogP contribution in [0.1, 0.15) is 30.9 Å². The van der Waals surface area contributed by atoms with Crippen molar-refractivity contribution >= 4 is 39.6 Å². The van der Waals surface area contributed by atoms with E-state index in [1.54, 1.807) is 17.1 Å². The molecule has 0 aliphatic carbocycles. The van der Waals surface area contributed by atoms with Gasteiger partial charge in [0, 0.05) is 50.5 Å². The maximum Gasteiger partial charge on any atom is 0.313 e. The molecule has 256 valence electrons. The lowest BCUT2D eigenvalue weighted by Crippen LogP contribution is -2.58. The molecule has 3 amide bonds. The van der Waals surface area contributed by atoms with E-state index in [9.17, 15) is 24.3 Å². The summed E-state index contributed by atoms with van der Waals surface area (Å²) in [5.74, 6) is -3.53. The van der Waals surface area contributed by atoms with Gasteiger partial charge in [0.2, 0.25) is 17.7 Å². The summed E-state index contributed by atoms with van der Waals surface area (Å²) in [5, 5.41) is 12.8. The zero-order valence-corrected chi connectivity index (χ0v) is 28.2. The summed E-state index contributed by atoms with van der Waals surface area (Å²) in [5.41, 5.74) is -0.599. The second kappa shape index (κ2) is 15.9. The van der Waals surface area contributed by atoms with Crippen molar-refractivity contribution in [3.63, 3.8) is 0 Å². The minimum Gasteiger partial charge on any atom is -0.455 e. The Balaban J connectivity index is 1.39. The van der Waals surface area contributed by atoms with Crippen LogP contribution >= 0.6 is 15.9 Å². The number of aliphatic hydroxyl groups excluding tert-OH is 1. The molecule has 4 aliphatic heterocycles. The summed E-state index contributed by atoms with van der Waals surface area (Å²) >= 11 is 3.69. The molecule has 0 radical (unpaired) electrons. The summed E-state index contributed by atoms with van der Waals surface area (Å²) in [6.45, 7) is 11.2. The van der Waals surface area contributed by atoms with Gasteiger partial charge in [-0.3, -0.25) is 24.1 Å². The Bertz CT molecular complexity index is 1310. The molecule has 0 aromatic heterocycles. The number of amides is 3. The molecule has 2 N–H and O–H groups in total. The number of morpholine rings is 1. The number of alkyl halides is 1. The molecule has 5 rings (SSSR count). The number of fused-ring (bicyclic) bond motifs is 1. The Kier molecular flexibility index (Phi) is 11.9. The maximum atomic E-state index is 14.4. The van der Waals surface area contributed by atoms with Crippen molar-refractivity contribution in [2.75, 3.05) is 65.6 Å². The number of ether oxygens (including phenoxy) is 3. The quantitative estimate of drug-likeness (QED) is 0.148. The number of nitrogens with zero attached hydrogens (tertiary/aromatic N) is 3. The summed E-state index contributed by atoms with van der Waals surface area (Å²) in [6, 6.07) is 8.06. The fourth-order valence-corrected chi connectivity index (χ4v) is 8.32. The second-order valence-corrected chi connectivity index (χ2v) is 13.6. The van der Waals surface area contributed by atoms with Crippen LogP contribution in [0.2, 0.25) is 0 Å². The molecule has 1 unspecified atom stereocenters. The molecule has 4 fully saturated rings. The number of hydrogen-bond donors (Lipinski definition) is 2. The van der Waals surface area contributed by atoms with Gasteiger partial charge in [0.05, 0.1) is 44.3 Å². The summed E-state index contributed by atoms with van der Waals surface area (Å²) in [4.78, 5) is 60.1. The number of nitrogens with one attached hydrogen (secondary N) is 1. The van der Waals surface area contributed by atoms with Gasteiger partial charge >= 0.3 is 5.97 Å². The van der Waals surface area contributed by atoms with Crippen LogP contribution in [0, 0.1) is 11.8 Å². The Labute approximate surface area is 284 Å². The first kappa shape index (κ1) is 35.2. The number of β-amino-alcohol motifs (C(OH)–C–C–N with tert-alkyl or cyclic N) is 1. The fourth-order valence-electron chi connectivity index (χ4n) is 7.38. The molecule has 7 atom stereocenters. The number of halogens is 1. The number of likely N-dealkylation sites (tertiary alicyclic amines) is 1. The van der Waals surface area contributed by atoms with Crippen LogP contribution in [-0.2, 0) is 33.4 Å². The fraction of sp³-hybridized carbons (Fsp3) is 0.588. The normalized spacial score (nSPS) is 28.9. The van der Waals surface area contributed by atoms with E-state index in [1.165, 1.54) is 4.90 Å². The monoisotopic (exact) mass is 716 g/mol. The minimum atomic E-state index is -1.29. The van der Waals surface area contributed by atoms with E-state index in [2.05, 4.69) is 39.3 Å². The molecular formula is C34H45BrN4O8. The molecule has 0 saturated carbocycles. The molecule has 47 heavy (non-hydrogen) atoms. The predicted octanol–water partition coefficient (Wildman–Crippen LogP) is 1.44. The Morgan fingerprint density at radius 3 is 2.60 bits per heavy atom. The van der Waals surface area contributed by atoms with Crippen molar-refractivity contribution in [2.24, 2.45) is 11.8 Å². The van der Waals surface area contributed by atoms with E-state index in [0.29, 0.717) is 44.7 Å². The molecule has 12 nitrogen and oxygen atoms in total. The number of benzene rings is 1. The highest BCUT2D eigenvalue weighted by molar-refractivity contribution is 9.09. The molecule has 1 aromatic rings. The van der Waals surface area contributed by atoms with E-state index < -0.39 is 47.6 Å². The Morgan fingerprint density at radius 1 is 1.17 bits per heavy atom. The van der Waals surface area contributed by atoms with Crippen LogP contribution in [0.4, 0.5) is 0 Å². The van der Waals surface area contributed by atoms with Crippen LogP contribution in [0.15, 0.2) is 55.6 Å². The van der Waals surface area contributed by atoms with Crippen molar-refractivity contribution in [1.29, 1.82) is 0 Å². The van der Waals surface area contributed by atoms with Gasteiger partial charge in [-0.15, -0.1) is 13.2 Å². The Morgan fingerprint density at radius 2 is 1.91 bits per heavy atom. The highest BCUT2D eigenvalue weighted by Gasteiger charge is 2.77. The summed E-state index contributed by atoms with van der Waals surface area (Å²) < 4.78 is 18.1. The molecule has 2 bridgehead atoms. The van der Waals surface area contributed by atoms with Crippen molar-refractivity contribution in [2.45, 2.75) is 47.9 Å². The highest BCUT2D eigenvalue weighted by Crippen LogP contribution is 2.60. The van der Waals surface area contributed by atoms with Crippen LogP contribution in [0.25, 0.3) is 0 Å². The van der Waals surface area contributed by atoms with E-state index in [0.717, 1.165) is 13.1 Å². The molecule has 4 heterocycles. The first-order chi connectivity index (χ1) is 22.7. The van der Waals surface area contributed by atoms with Gasteiger partial charge in [-0.05, 0) is 18.4 Å². The Hall–Kier alpha value is -3.10. The average molecular weight is 718 g/mol. The summed E-state index contributed by atoms with van der Waals surface area (Å²) in [6.07, 6.45) is 2.90. The average Bonchev–Trinajstić information content (AvgIpc) is 3.67. The van der Waals surface area contributed by atoms with Crippen molar-refractivity contribution < 1.29 is 38.5 Å².